The summed E-state index contributed by atoms with van der Waals surface area (Å²) in [6.45, 7) is 8.04. The molecule has 27 heavy (non-hydrogen) atoms. The van der Waals surface area contributed by atoms with Crippen molar-refractivity contribution in [2.45, 2.75) is 38.9 Å². The minimum Gasteiger partial charge on any atom is -0.392 e. The summed E-state index contributed by atoms with van der Waals surface area (Å²) in [7, 11) is 0. The molecule has 5 nitrogen and oxygen atoms in total. The van der Waals surface area contributed by atoms with Crippen molar-refractivity contribution < 1.29 is 19.0 Å². The second kappa shape index (κ2) is 9.13. The number of benzene rings is 1. The Balaban J connectivity index is 1.61. The van der Waals surface area contributed by atoms with Gasteiger partial charge in [0.05, 0.1) is 18.8 Å². The molecular weight excluding hydrogens is 347 g/mol. The van der Waals surface area contributed by atoms with Gasteiger partial charge in [0, 0.05) is 38.3 Å². The molecule has 1 saturated heterocycles. The molecule has 3 rings (SSSR count). The van der Waals surface area contributed by atoms with Crippen molar-refractivity contribution in [3.63, 3.8) is 0 Å². The van der Waals surface area contributed by atoms with E-state index in [0.29, 0.717) is 37.7 Å². The highest BCUT2D eigenvalue weighted by atomic mass is 19.1. The van der Waals surface area contributed by atoms with Crippen LogP contribution in [0.3, 0.4) is 0 Å². The van der Waals surface area contributed by atoms with Crippen LogP contribution in [0.5, 0.6) is 0 Å². The van der Waals surface area contributed by atoms with Crippen LogP contribution in [0.1, 0.15) is 37.0 Å². The summed E-state index contributed by atoms with van der Waals surface area (Å²) < 4.78 is 19.1. The molecule has 6 heteroatoms. The fourth-order valence-electron chi connectivity index (χ4n) is 3.41. The predicted molar refractivity (Wildman–Crippen MR) is 102 cm³/mol. The maximum Gasteiger partial charge on any atom is 0.253 e. The van der Waals surface area contributed by atoms with Crippen LogP contribution in [-0.4, -0.2) is 72.4 Å². The molecule has 1 amide bonds. The Hall–Kier alpha value is -1.50. The van der Waals surface area contributed by atoms with Gasteiger partial charge in [-0.25, -0.2) is 4.39 Å². The van der Waals surface area contributed by atoms with E-state index < -0.39 is 0 Å². The Labute approximate surface area is 161 Å². The van der Waals surface area contributed by atoms with Gasteiger partial charge in [-0.15, -0.1) is 0 Å². The number of hydrogen-bond acceptors (Lipinski definition) is 4. The fourth-order valence-corrected chi connectivity index (χ4v) is 3.41. The average Bonchev–Trinajstić information content (AvgIpc) is 3.45. The van der Waals surface area contributed by atoms with Crippen LogP contribution < -0.4 is 0 Å². The van der Waals surface area contributed by atoms with Crippen LogP contribution in [0.15, 0.2) is 24.3 Å². The van der Waals surface area contributed by atoms with Crippen LogP contribution in [-0.2, 0) is 4.74 Å². The first-order valence-corrected chi connectivity index (χ1v) is 9.99. The Morgan fingerprint density at radius 1 is 1.30 bits per heavy atom. The van der Waals surface area contributed by atoms with E-state index >= 15 is 0 Å². The van der Waals surface area contributed by atoms with Crippen molar-refractivity contribution in [3.8, 4) is 0 Å². The summed E-state index contributed by atoms with van der Waals surface area (Å²) in [5.74, 6) is 0.384. The van der Waals surface area contributed by atoms with E-state index in [4.69, 9.17) is 4.74 Å². The number of ether oxygens (including phenoxy) is 1. The van der Waals surface area contributed by atoms with Gasteiger partial charge in [-0.2, -0.15) is 0 Å². The van der Waals surface area contributed by atoms with E-state index in [0.717, 1.165) is 25.9 Å². The molecule has 150 valence electrons. The third-order valence-electron chi connectivity index (χ3n) is 5.42. The summed E-state index contributed by atoms with van der Waals surface area (Å²) in [6, 6.07) is 5.75. The van der Waals surface area contributed by atoms with E-state index in [2.05, 4.69) is 4.90 Å². The number of carbonyl (C=O) groups is 1. The SMILES string of the molecule is CC(C)[C@H](O)CN1CCO[C@H](CN(CC2CC2)C(=O)c2ccc(F)cc2)C1. The van der Waals surface area contributed by atoms with Gasteiger partial charge in [0.2, 0.25) is 0 Å². The molecular formula is C21H31FN2O3. The van der Waals surface area contributed by atoms with Gasteiger partial charge < -0.3 is 14.7 Å². The van der Waals surface area contributed by atoms with Gasteiger partial charge >= 0.3 is 0 Å². The lowest BCUT2D eigenvalue weighted by molar-refractivity contribution is -0.0543. The molecule has 1 aliphatic heterocycles. The van der Waals surface area contributed by atoms with Crippen LogP contribution in [0.25, 0.3) is 0 Å². The highest BCUT2D eigenvalue weighted by Gasteiger charge is 2.31. The molecule has 1 N–H and O–H groups in total. The molecule has 2 aliphatic rings. The second-order valence-electron chi connectivity index (χ2n) is 8.22. The summed E-state index contributed by atoms with van der Waals surface area (Å²) in [6.07, 6.45) is 1.89. The Morgan fingerprint density at radius 3 is 2.63 bits per heavy atom. The number of morpholine rings is 1. The first-order valence-electron chi connectivity index (χ1n) is 9.99. The molecule has 2 atom stereocenters. The van der Waals surface area contributed by atoms with Gasteiger partial charge in [-0.1, -0.05) is 13.8 Å². The number of nitrogens with zero attached hydrogens (tertiary/aromatic N) is 2. The summed E-state index contributed by atoms with van der Waals surface area (Å²) in [4.78, 5) is 17.0. The molecule has 1 aliphatic carbocycles. The zero-order chi connectivity index (χ0) is 19.4. The molecule has 0 spiro atoms. The quantitative estimate of drug-likeness (QED) is 0.755. The maximum atomic E-state index is 13.2. The molecule has 1 saturated carbocycles. The largest absolute Gasteiger partial charge is 0.392 e. The number of hydrogen-bond donors (Lipinski definition) is 1. The molecule has 0 aromatic heterocycles. The highest BCUT2D eigenvalue weighted by molar-refractivity contribution is 5.94. The standard InChI is InChI=1S/C21H31FN2O3/c1-15(2)20(25)14-23-9-10-27-19(12-23)13-24(11-16-3-4-16)21(26)17-5-7-18(22)8-6-17/h5-8,15-16,19-20,25H,3-4,9-14H2,1-2H3/t19-,20+/m0/s1. The number of aliphatic hydroxyl groups excluding tert-OH is 1. The molecule has 1 aromatic rings. The van der Waals surface area contributed by atoms with Gasteiger partial charge in [-0.3, -0.25) is 9.69 Å². The lowest BCUT2D eigenvalue weighted by Crippen LogP contribution is -2.51. The topological polar surface area (TPSA) is 53.0 Å². The van der Waals surface area contributed by atoms with Gasteiger partial charge in [-0.05, 0) is 48.9 Å². The van der Waals surface area contributed by atoms with Crippen molar-refractivity contribution in [2.75, 3.05) is 39.3 Å². The van der Waals surface area contributed by atoms with E-state index in [1.165, 1.54) is 12.1 Å². The number of aliphatic hydroxyl groups is 1. The third kappa shape index (κ3) is 5.99. The molecule has 0 unspecified atom stereocenters. The number of rotatable bonds is 8. The van der Waals surface area contributed by atoms with Crippen LogP contribution in [0, 0.1) is 17.7 Å². The van der Waals surface area contributed by atoms with Gasteiger partial charge in [0.1, 0.15) is 5.82 Å². The fraction of sp³-hybridized carbons (Fsp3) is 0.667. The Kier molecular flexibility index (Phi) is 6.84. The molecule has 0 bridgehead atoms. The van der Waals surface area contributed by atoms with Crippen LogP contribution in [0.4, 0.5) is 4.39 Å². The van der Waals surface area contributed by atoms with Crippen molar-refractivity contribution >= 4 is 5.91 Å². The lowest BCUT2D eigenvalue weighted by atomic mass is 10.1. The maximum absolute atomic E-state index is 13.2. The predicted octanol–water partition coefficient (Wildman–Crippen LogP) is 2.40. The zero-order valence-corrected chi connectivity index (χ0v) is 16.3. The first-order chi connectivity index (χ1) is 12.9. The van der Waals surface area contributed by atoms with Crippen molar-refractivity contribution in [1.29, 1.82) is 0 Å². The lowest BCUT2D eigenvalue weighted by Gasteiger charge is -2.37. The summed E-state index contributed by atoms with van der Waals surface area (Å²) in [5.41, 5.74) is 0.514. The van der Waals surface area contributed by atoms with Crippen LogP contribution >= 0.6 is 0 Å². The van der Waals surface area contributed by atoms with E-state index in [-0.39, 0.29) is 29.9 Å². The molecule has 1 aromatic carbocycles. The monoisotopic (exact) mass is 378 g/mol. The molecule has 0 radical (unpaired) electrons. The number of β-amino-alcohol motifs (C(OH)–C–C–N with tert-alkyl or cyclic N) is 1. The number of carbonyl (C=O) groups excluding carboxylic acids is 1. The van der Waals surface area contributed by atoms with Gasteiger partial charge in [0.25, 0.3) is 5.91 Å². The molecule has 1 heterocycles. The normalized spacial score (nSPS) is 22.0. The second-order valence-corrected chi connectivity index (χ2v) is 8.22. The Bertz CT molecular complexity index is 618. The highest BCUT2D eigenvalue weighted by Crippen LogP contribution is 2.30. The summed E-state index contributed by atoms with van der Waals surface area (Å²) in [5, 5.41) is 10.2. The Morgan fingerprint density at radius 2 is 2.00 bits per heavy atom. The minimum absolute atomic E-state index is 0.0650. The smallest absolute Gasteiger partial charge is 0.253 e. The van der Waals surface area contributed by atoms with Crippen molar-refractivity contribution in [3.05, 3.63) is 35.6 Å². The number of halogens is 1. The first kappa shape index (κ1) is 20.2. The zero-order valence-electron chi connectivity index (χ0n) is 16.3. The molecule has 2 fully saturated rings. The van der Waals surface area contributed by atoms with Crippen LogP contribution in [0.2, 0.25) is 0 Å². The van der Waals surface area contributed by atoms with E-state index in [1.807, 2.05) is 18.7 Å². The van der Waals surface area contributed by atoms with E-state index in [1.54, 1.807) is 12.1 Å². The minimum atomic E-state index is -0.354. The summed E-state index contributed by atoms with van der Waals surface area (Å²) >= 11 is 0. The van der Waals surface area contributed by atoms with Gasteiger partial charge in [0.15, 0.2) is 0 Å². The van der Waals surface area contributed by atoms with Crippen molar-refractivity contribution in [1.82, 2.24) is 9.80 Å². The number of amides is 1. The van der Waals surface area contributed by atoms with E-state index in [9.17, 15) is 14.3 Å². The average molecular weight is 378 g/mol. The third-order valence-corrected chi connectivity index (χ3v) is 5.42. The van der Waals surface area contributed by atoms with Crippen molar-refractivity contribution in [2.24, 2.45) is 11.8 Å².